The van der Waals surface area contributed by atoms with Gasteiger partial charge < -0.3 is 5.11 Å². The lowest BCUT2D eigenvalue weighted by Gasteiger charge is -2.27. The topological polar surface area (TPSA) is 33.1 Å². The van der Waals surface area contributed by atoms with Crippen LogP contribution < -0.4 is 0 Å². The summed E-state index contributed by atoms with van der Waals surface area (Å²) in [5.74, 6) is 0. The zero-order valence-corrected chi connectivity index (χ0v) is 10.6. The van der Waals surface area contributed by atoms with Crippen molar-refractivity contribution in [2.75, 3.05) is 0 Å². The Morgan fingerprint density at radius 3 is 2.65 bits per heavy atom. The van der Waals surface area contributed by atoms with Crippen LogP contribution in [-0.4, -0.2) is 16.2 Å². The van der Waals surface area contributed by atoms with E-state index in [4.69, 9.17) is 0 Å². The first kappa shape index (κ1) is 12.1. The molecule has 0 saturated heterocycles. The van der Waals surface area contributed by atoms with Crippen LogP contribution in [0.1, 0.15) is 32.8 Å². The van der Waals surface area contributed by atoms with Gasteiger partial charge in [0.15, 0.2) is 0 Å². The summed E-state index contributed by atoms with van der Waals surface area (Å²) in [6, 6.07) is 8.26. The van der Waals surface area contributed by atoms with Gasteiger partial charge in [0, 0.05) is 17.8 Å². The van der Waals surface area contributed by atoms with Crippen molar-refractivity contribution in [3.63, 3.8) is 0 Å². The van der Waals surface area contributed by atoms with Crippen LogP contribution in [0.4, 0.5) is 0 Å². The third-order valence-corrected chi connectivity index (χ3v) is 3.20. The predicted molar refractivity (Wildman–Crippen MR) is 71.1 cm³/mol. The molecule has 0 aliphatic rings. The Morgan fingerprint density at radius 1 is 1.24 bits per heavy atom. The highest BCUT2D eigenvalue weighted by Gasteiger charge is 2.24. The maximum Gasteiger partial charge on any atom is 0.0520 e. The average molecular weight is 229 g/mol. The zero-order chi connectivity index (χ0) is 12.5. The molecule has 17 heavy (non-hydrogen) atoms. The average Bonchev–Trinajstić information content (AvgIpc) is 2.26. The third kappa shape index (κ3) is 2.47. The monoisotopic (exact) mass is 229 g/mol. The van der Waals surface area contributed by atoms with Crippen molar-refractivity contribution < 1.29 is 5.11 Å². The van der Waals surface area contributed by atoms with Crippen molar-refractivity contribution in [3.8, 4) is 0 Å². The van der Waals surface area contributed by atoms with E-state index in [2.05, 4.69) is 31.0 Å². The third-order valence-electron chi connectivity index (χ3n) is 3.20. The summed E-state index contributed by atoms with van der Waals surface area (Å²) in [7, 11) is 0. The van der Waals surface area contributed by atoms with Crippen LogP contribution in [-0.2, 0) is 5.41 Å². The van der Waals surface area contributed by atoms with Crippen molar-refractivity contribution in [2.45, 2.75) is 38.7 Å². The summed E-state index contributed by atoms with van der Waals surface area (Å²) in [4.78, 5) is 4.30. The molecule has 2 nitrogen and oxygen atoms in total. The molecule has 0 spiro atoms. The highest BCUT2D eigenvalue weighted by atomic mass is 16.3. The summed E-state index contributed by atoms with van der Waals surface area (Å²) in [5.41, 5.74) is 1.14. The first-order chi connectivity index (χ1) is 8.00. The SMILES string of the molecule is CC(O)CC(C)(C)c1cncc2ccccc12. The molecule has 0 saturated carbocycles. The van der Waals surface area contributed by atoms with Gasteiger partial charge in [-0.25, -0.2) is 0 Å². The Balaban J connectivity index is 2.55. The number of benzene rings is 1. The quantitative estimate of drug-likeness (QED) is 0.876. The van der Waals surface area contributed by atoms with E-state index in [1.54, 1.807) is 0 Å². The molecule has 1 aromatic carbocycles. The molecule has 90 valence electrons. The molecular weight excluding hydrogens is 210 g/mol. The van der Waals surface area contributed by atoms with E-state index >= 15 is 0 Å². The van der Waals surface area contributed by atoms with Gasteiger partial charge in [0.2, 0.25) is 0 Å². The van der Waals surface area contributed by atoms with Crippen molar-refractivity contribution in [1.82, 2.24) is 4.98 Å². The van der Waals surface area contributed by atoms with Crippen molar-refractivity contribution in [1.29, 1.82) is 0 Å². The summed E-state index contributed by atoms with van der Waals surface area (Å²) >= 11 is 0. The second-order valence-electron chi connectivity index (χ2n) is 5.35. The summed E-state index contributed by atoms with van der Waals surface area (Å²) < 4.78 is 0. The minimum atomic E-state index is -0.302. The molecule has 1 unspecified atom stereocenters. The second kappa shape index (κ2) is 4.46. The second-order valence-corrected chi connectivity index (χ2v) is 5.35. The highest BCUT2D eigenvalue weighted by molar-refractivity contribution is 5.85. The molecule has 0 radical (unpaired) electrons. The van der Waals surface area contributed by atoms with E-state index in [-0.39, 0.29) is 11.5 Å². The highest BCUT2D eigenvalue weighted by Crippen LogP contribution is 2.33. The molecule has 1 heterocycles. The van der Waals surface area contributed by atoms with Crippen molar-refractivity contribution >= 4 is 10.8 Å². The molecule has 0 amide bonds. The van der Waals surface area contributed by atoms with Gasteiger partial charge in [-0.2, -0.15) is 0 Å². The normalized spacial score (nSPS) is 13.9. The fourth-order valence-corrected chi connectivity index (χ4v) is 2.50. The van der Waals surface area contributed by atoms with E-state index in [1.807, 2.05) is 31.5 Å². The number of aliphatic hydroxyl groups excluding tert-OH is 1. The van der Waals surface area contributed by atoms with Crippen LogP contribution in [0.25, 0.3) is 10.8 Å². The number of hydrogen-bond donors (Lipinski definition) is 1. The maximum absolute atomic E-state index is 9.60. The van der Waals surface area contributed by atoms with Gasteiger partial charge in [0.1, 0.15) is 0 Å². The number of aliphatic hydroxyl groups is 1. The lowest BCUT2D eigenvalue weighted by molar-refractivity contribution is 0.157. The van der Waals surface area contributed by atoms with E-state index in [0.717, 1.165) is 11.8 Å². The minimum absolute atomic E-state index is 0.0674. The molecule has 1 atom stereocenters. The van der Waals surface area contributed by atoms with E-state index < -0.39 is 0 Å². The molecule has 0 bridgehead atoms. The Hall–Kier alpha value is -1.41. The molecule has 2 aromatic rings. The lowest BCUT2D eigenvalue weighted by atomic mass is 9.79. The largest absolute Gasteiger partial charge is 0.393 e. The number of nitrogens with zero attached hydrogens (tertiary/aromatic N) is 1. The fraction of sp³-hybridized carbons (Fsp3) is 0.400. The summed E-state index contributed by atoms with van der Waals surface area (Å²) in [6.45, 7) is 6.15. The van der Waals surface area contributed by atoms with Gasteiger partial charge in [-0.3, -0.25) is 4.98 Å². The van der Waals surface area contributed by atoms with Gasteiger partial charge in [-0.1, -0.05) is 38.1 Å². The predicted octanol–water partition coefficient (Wildman–Crippen LogP) is 3.28. The Labute approximate surface area is 102 Å². The Bertz CT molecular complexity index is 512. The molecule has 0 aliphatic carbocycles. The van der Waals surface area contributed by atoms with E-state index in [0.29, 0.717) is 0 Å². The van der Waals surface area contributed by atoms with Gasteiger partial charge in [-0.15, -0.1) is 0 Å². The van der Waals surface area contributed by atoms with Crippen molar-refractivity contribution in [2.24, 2.45) is 0 Å². The van der Waals surface area contributed by atoms with Gasteiger partial charge in [0.05, 0.1) is 6.10 Å². The number of pyridine rings is 1. The first-order valence-corrected chi connectivity index (χ1v) is 6.02. The van der Waals surface area contributed by atoms with Crippen LogP contribution in [0.3, 0.4) is 0 Å². The summed E-state index contributed by atoms with van der Waals surface area (Å²) in [5, 5.41) is 12.0. The van der Waals surface area contributed by atoms with Gasteiger partial charge >= 0.3 is 0 Å². The van der Waals surface area contributed by atoms with Crippen LogP contribution in [0.15, 0.2) is 36.7 Å². The number of rotatable bonds is 3. The molecule has 0 fully saturated rings. The molecule has 1 N–H and O–H groups in total. The molecular formula is C15H19NO. The van der Waals surface area contributed by atoms with E-state index in [9.17, 15) is 5.11 Å². The van der Waals surface area contributed by atoms with Crippen LogP contribution in [0.2, 0.25) is 0 Å². The van der Waals surface area contributed by atoms with Gasteiger partial charge in [0.25, 0.3) is 0 Å². The zero-order valence-electron chi connectivity index (χ0n) is 10.6. The fourth-order valence-electron chi connectivity index (χ4n) is 2.50. The first-order valence-electron chi connectivity index (χ1n) is 6.02. The molecule has 2 rings (SSSR count). The smallest absolute Gasteiger partial charge is 0.0520 e. The summed E-state index contributed by atoms with van der Waals surface area (Å²) in [6.07, 6.45) is 4.24. The minimum Gasteiger partial charge on any atom is -0.393 e. The molecule has 2 heteroatoms. The van der Waals surface area contributed by atoms with E-state index in [1.165, 1.54) is 10.9 Å². The number of aromatic nitrogens is 1. The lowest BCUT2D eigenvalue weighted by Crippen LogP contribution is -2.23. The van der Waals surface area contributed by atoms with Crippen LogP contribution >= 0.6 is 0 Å². The van der Waals surface area contributed by atoms with Crippen LogP contribution in [0, 0.1) is 0 Å². The van der Waals surface area contributed by atoms with Crippen molar-refractivity contribution in [3.05, 3.63) is 42.2 Å². The van der Waals surface area contributed by atoms with Crippen LogP contribution in [0.5, 0.6) is 0 Å². The molecule has 0 aliphatic heterocycles. The van der Waals surface area contributed by atoms with Gasteiger partial charge in [-0.05, 0) is 29.7 Å². The number of fused-ring (bicyclic) bond motifs is 1. The Morgan fingerprint density at radius 2 is 1.94 bits per heavy atom. The number of hydrogen-bond acceptors (Lipinski definition) is 2. The Kier molecular flexibility index (Phi) is 3.16. The maximum atomic E-state index is 9.60. The standard InChI is InChI=1S/C15H19NO/c1-11(17)8-15(2,3)14-10-16-9-12-6-4-5-7-13(12)14/h4-7,9-11,17H,8H2,1-3H3. The molecule has 1 aromatic heterocycles.